The van der Waals surface area contributed by atoms with Crippen molar-refractivity contribution in [1.82, 2.24) is 4.98 Å². The molecule has 0 saturated carbocycles. The Labute approximate surface area is 106 Å². The molecule has 0 spiro atoms. The number of hydrogen-bond donors (Lipinski definition) is 1. The van der Waals surface area contributed by atoms with Crippen LogP contribution in [-0.4, -0.2) is 31.0 Å². The average molecular weight is 294 g/mol. The van der Waals surface area contributed by atoms with E-state index in [9.17, 15) is 4.79 Å². The molecule has 88 valence electrons. The molecule has 3 nitrogen and oxygen atoms in total. The molecule has 2 rings (SSSR count). The van der Waals surface area contributed by atoms with Crippen LogP contribution in [0.4, 0.5) is 0 Å². The molecule has 0 aliphatic rings. The fourth-order valence-corrected chi connectivity index (χ4v) is 3.14. The van der Waals surface area contributed by atoms with Crippen LogP contribution in [0.1, 0.15) is 11.1 Å². The van der Waals surface area contributed by atoms with Gasteiger partial charge in [-0.25, -0.2) is 0 Å². The molecule has 0 bridgehead atoms. The number of carboxylic acid groups (broad SMARTS) is 1. The van der Waals surface area contributed by atoms with E-state index in [0.717, 1.165) is 15.5 Å². The Morgan fingerprint density at radius 3 is 2.82 bits per heavy atom. The van der Waals surface area contributed by atoms with Crippen LogP contribution in [0.15, 0.2) is 24.3 Å². The quantitative estimate of drug-likeness (QED) is 0.876. The standard InChI is InChI=1S/C13H13NO2Se/c1-8-3-4-11-10(5-8)9(2)6-12(14-11)17-7-13(15)16/h3-6H,7H2,1-2H3,(H,15,16). The van der Waals surface area contributed by atoms with E-state index in [0.29, 0.717) is 0 Å². The maximum absolute atomic E-state index is 10.6. The second-order valence-electron chi connectivity index (χ2n) is 3.98. The summed E-state index contributed by atoms with van der Waals surface area (Å²) in [5.74, 6) is -0.756. The Balaban J connectivity index is 2.41. The minimum atomic E-state index is -0.756. The zero-order valence-electron chi connectivity index (χ0n) is 9.73. The van der Waals surface area contributed by atoms with Crippen molar-refractivity contribution in [1.29, 1.82) is 0 Å². The molecular formula is C13H13NO2Se. The zero-order chi connectivity index (χ0) is 12.4. The number of carboxylic acids is 1. The number of rotatable bonds is 3. The first-order chi connectivity index (χ1) is 8.06. The molecule has 1 N–H and O–H groups in total. The number of pyridine rings is 1. The monoisotopic (exact) mass is 295 g/mol. The molecule has 1 aromatic carbocycles. The summed E-state index contributed by atoms with van der Waals surface area (Å²) in [6, 6.07) is 8.15. The normalized spacial score (nSPS) is 10.7. The summed E-state index contributed by atoms with van der Waals surface area (Å²) < 4.78 is 0.911. The van der Waals surface area contributed by atoms with E-state index < -0.39 is 5.97 Å². The van der Waals surface area contributed by atoms with E-state index >= 15 is 0 Å². The molecule has 0 radical (unpaired) electrons. The molecule has 0 unspecified atom stereocenters. The van der Waals surface area contributed by atoms with Gasteiger partial charge in [0.25, 0.3) is 0 Å². The topological polar surface area (TPSA) is 50.2 Å². The van der Waals surface area contributed by atoms with Gasteiger partial charge in [-0.1, -0.05) is 0 Å². The molecule has 4 heteroatoms. The van der Waals surface area contributed by atoms with Gasteiger partial charge >= 0.3 is 106 Å². The van der Waals surface area contributed by atoms with Crippen LogP contribution in [-0.2, 0) is 4.79 Å². The van der Waals surface area contributed by atoms with E-state index in [1.807, 2.05) is 25.1 Å². The predicted molar refractivity (Wildman–Crippen MR) is 69.0 cm³/mol. The van der Waals surface area contributed by atoms with Crippen molar-refractivity contribution >= 4 is 36.4 Å². The molecule has 0 aliphatic carbocycles. The van der Waals surface area contributed by atoms with Crippen LogP contribution >= 0.6 is 0 Å². The van der Waals surface area contributed by atoms with Crippen molar-refractivity contribution in [3.63, 3.8) is 0 Å². The van der Waals surface area contributed by atoms with E-state index in [4.69, 9.17) is 5.11 Å². The summed E-state index contributed by atoms with van der Waals surface area (Å²) in [6.07, 6.45) is 0. The molecule has 0 saturated heterocycles. The van der Waals surface area contributed by atoms with E-state index in [1.165, 1.54) is 11.1 Å². The summed E-state index contributed by atoms with van der Waals surface area (Å²) in [4.78, 5) is 15.1. The first-order valence-electron chi connectivity index (χ1n) is 5.29. The van der Waals surface area contributed by atoms with Crippen LogP contribution < -0.4 is 4.59 Å². The second kappa shape index (κ2) is 4.86. The van der Waals surface area contributed by atoms with Gasteiger partial charge in [0.15, 0.2) is 0 Å². The number of benzene rings is 1. The van der Waals surface area contributed by atoms with Gasteiger partial charge in [-0.2, -0.15) is 0 Å². The maximum atomic E-state index is 10.6. The predicted octanol–water partition coefficient (Wildman–Crippen LogP) is 1.68. The van der Waals surface area contributed by atoms with Gasteiger partial charge < -0.3 is 0 Å². The molecule has 2 aromatic rings. The number of aromatic nitrogens is 1. The first kappa shape index (κ1) is 12.1. The Kier molecular flexibility index (Phi) is 3.46. The molecule has 0 atom stereocenters. The fourth-order valence-electron chi connectivity index (χ4n) is 1.69. The van der Waals surface area contributed by atoms with Crippen molar-refractivity contribution < 1.29 is 9.90 Å². The summed E-state index contributed by atoms with van der Waals surface area (Å²) in [5, 5.41) is 10.0. The first-order valence-corrected chi connectivity index (χ1v) is 7.35. The van der Waals surface area contributed by atoms with Crippen molar-refractivity contribution in [2.24, 2.45) is 0 Å². The van der Waals surface area contributed by atoms with Crippen molar-refractivity contribution in [2.75, 3.05) is 0 Å². The summed E-state index contributed by atoms with van der Waals surface area (Å²) in [7, 11) is 0. The van der Waals surface area contributed by atoms with Gasteiger partial charge in [-0.05, 0) is 0 Å². The van der Waals surface area contributed by atoms with E-state index in [-0.39, 0.29) is 20.3 Å². The summed E-state index contributed by atoms with van der Waals surface area (Å²) in [5.41, 5.74) is 3.34. The van der Waals surface area contributed by atoms with E-state index in [2.05, 4.69) is 18.0 Å². The third-order valence-corrected chi connectivity index (χ3v) is 4.37. The third-order valence-electron chi connectivity index (χ3n) is 2.49. The minimum absolute atomic E-state index is 0.0876. The number of fused-ring (bicyclic) bond motifs is 1. The molecule has 17 heavy (non-hydrogen) atoms. The Bertz CT molecular complexity index is 581. The Morgan fingerprint density at radius 1 is 1.35 bits per heavy atom. The number of nitrogens with zero attached hydrogens (tertiary/aromatic N) is 1. The summed E-state index contributed by atoms with van der Waals surface area (Å²) >= 11 is -0.0876. The average Bonchev–Trinajstić information content (AvgIpc) is 2.27. The molecule has 1 heterocycles. The number of aryl methyl sites for hydroxylation is 2. The van der Waals surface area contributed by atoms with Gasteiger partial charge in [-0.15, -0.1) is 0 Å². The van der Waals surface area contributed by atoms with Crippen LogP contribution in [0.5, 0.6) is 0 Å². The van der Waals surface area contributed by atoms with Crippen molar-refractivity contribution in [2.45, 2.75) is 19.2 Å². The van der Waals surface area contributed by atoms with Gasteiger partial charge in [0.2, 0.25) is 0 Å². The number of hydrogen-bond acceptors (Lipinski definition) is 2. The van der Waals surface area contributed by atoms with Crippen LogP contribution in [0.25, 0.3) is 10.9 Å². The van der Waals surface area contributed by atoms with Crippen molar-refractivity contribution in [3.05, 3.63) is 35.4 Å². The molecule has 0 fully saturated rings. The van der Waals surface area contributed by atoms with Crippen LogP contribution in [0.2, 0.25) is 5.32 Å². The molecule has 0 aliphatic heterocycles. The zero-order valence-corrected chi connectivity index (χ0v) is 11.4. The number of carbonyl (C=O) groups is 1. The van der Waals surface area contributed by atoms with E-state index in [1.54, 1.807) is 0 Å². The number of aliphatic carboxylic acids is 1. The van der Waals surface area contributed by atoms with Crippen LogP contribution in [0.3, 0.4) is 0 Å². The fraction of sp³-hybridized carbons (Fsp3) is 0.231. The van der Waals surface area contributed by atoms with Gasteiger partial charge in [-0.3, -0.25) is 0 Å². The molecular weight excluding hydrogens is 281 g/mol. The summed E-state index contributed by atoms with van der Waals surface area (Å²) in [6.45, 7) is 4.10. The van der Waals surface area contributed by atoms with Gasteiger partial charge in [0, 0.05) is 0 Å². The Hall–Kier alpha value is -1.38. The van der Waals surface area contributed by atoms with Crippen LogP contribution in [0, 0.1) is 13.8 Å². The SMILES string of the molecule is Cc1ccc2nc([Se]CC(=O)O)cc(C)c2c1. The second-order valence-corrected chi connectivity index (χ2v) is 6.07. The Morgan fingerprint density at radius 2 is 2.12 bits per heavy atom. The van der Waals surface area contributed by atoms with Gasteiger partial charge in [0.1, 0.15) is 0 Å². The van der Waals surface area contributed by atoms with Gasteiger partial charge in [0.05, 0.1) is 0 Å². The third kappa shape index (κ3) is 2.84. The van der Waals surface area contributed by atoms with Crippen molar-refractivity contribution in [3.8, 4) is 0 Å². The molecule has 0 amide bonds. The molecule has 1 aromatic heterocycles.